The first kappa shape index (κ1) is 16.6. The first-order valence-corrected chi connectivity index (χ1v) is 8.46. The fourth-order valence-electron chi connectivity index (χ4n) is 3.70. The second-order valence-corrected chi connectivity index (χ2v) is 6.87. The van der Waals surface area contributed by atoms with Crippen molar-refractivity contribution in [2.45, 2.75) is 40.0 Å². The van der Waals surface area contributed by atoms with E-state index in [4.69, 9.17) is 0 Å². The molecule has 2 N–H and O–H groups in total. The number of likely N-dealkylation sites (tertiary alicyclic amines) is 1. The molecule has 128 valence electrons. The Labute approximate surface area is 141 Å². The van der Waals surface area contributed by atoms with E-state index in [0.717, 1.165) is 34.1 Å². The Balaban J connectivity index is 1.87. The van der Waals surface area contributed by atoms with Crippen LogP contribution in [0.25, 0.3) is 10.9 Å². The number of H-pyrrole nitrogens is 1. The van der Waals surface area contributed by atoms with E-state index in [1.54, 1.807) is 4.90 Å². The van der Waals surface area contributed by atoms with Crippen molar-refractivity contribution in [3.63, 3.8) is 0 Å². The Bertz CT molecular complexity index is 807. The number of aromatic nitrogens is 1. The van der Waals surface area contributed by atoms with Crippen LogP contribution in [0.1, 0.15) is 35.2 Å². The molecule has 3 rings (SSSR count). The maximum Gasteiger partial charge on any atom is 0.308 e. The third-order valence-corrected chi connectivity index (χ3v) is 5.14. The van der Waals surface area contributed by atoms with E-state index in [1.165, 1.54) is 5.56 Å². The Morgan fingerprint density at radius 2 is 1.96 bits per heavy atom. The SMILES string of the molecule is Cc1[nH]c2c(C)ccc(C)c2c1CC(=O)N1CCC[C@H](C(=O)O)C1. The Morgan fingerprint density at radius 1 is 1.25 bits per heavy atom. The van der Waals surface area contributed by atoms with Crippen molar-refractivity contribution < 1.29 is 14.7 Å². The standard InChI is InChI=1S/C19H24N2O3/c1-11-6-7-12(2)18-17(11)15(13(3)20-18)9-16(22)21-8-4-5-14(10-21)19(23)24/h6-7,14,20H,4-5,8-10H2,1-3H3,(H,23,24)/t14-/m0/s1. The third-order valence-electron chi connectivity index (χ3n) is 5.14. The summed E-state index contributed by atoms with van der Waals surface area (Å²) in [4.78, 5) is 29.1. The summed E-state index contributed by atoms with van der Waals surface area (Å²) in [7, 11) is 0. The lowest BCUT2D eigenvalue weighted by Gasteiger charge is -2.30. The number of nitrogens with one attached hydrogen (secondary N) is 1. The van der Waals surface area contributed by atoms with E-state index < -0.39 is 11.9 Å². The number of piperidine rings is 1. The fraction of sp³-hybridized carbons (Fsp3) is 0.474. The van der Waals surface area contributed by atoms with Crippen LogP contribution in [0, 0.1) is 26.7 Å². The molecule has 1 aliphatic heterocycles. The van der Waals surface area contributed by atoms with Crippen molar-refractivity contribution >= 4 is 22.8 Å². The van der Waals surface area contributed by atoms with Crippen LogP contribution in [0.15, 0.2) is 12.1 Å². The summed E-state index contributed by atoms with van der Waals surface area (Å²) in [6.45, 7) is 7.10. The second-order valence-electron chi connectivity index (χ2n) is 6.87. The largest absolute Gasteiger partial charge is 0.481 e. The van der Waals surface area contributed by atoms with Crippen LogP contribution < -0.4 is 0 Å². The molecule has 0 bridgehead atoms. The molecule has 5 heteroatoms. The lowest BCUT2D eigenvalue weighted by atomic mass is 9.96. The topological polar surface area (TPSA) is 73.4 Å². The normalized spacial score (nSPS) is 18.1. The lowest BCUT2D eigenvalue weighted by Crippen LogP contribution is -2.43. The molecule has 1 atom stereocenters. The van der Waals surface area contributed by atoms with Crippen LogP contribution in [0.2, 0.25) is 0 Å². The Morgan fingerprint density at radius 3 is 2.67 bits per heavy atom. The number of amides is 1. The van der Waals surface area contributed by atoms with Gasteiger partial charge in [0.2, 0.25) is 5.91 Å². The predicted molar refractivity (Wildman–Crippen MR) is 93.2 cm³/mol. The monoisotopic (exact) mass is 328 g/mol. The third kappa shape index (κ3) is 2.90. The van der Waals surface area contributed by atoms with Crippen LogP contribution in [-0.2, 0) is 16.0 Å². The highest BCUT2D eigenvalue weighted by Gasteiger charge is 2.28. The van der Waals surface area contributed by atoms with Gasteiger partial charge >= 0.3 is 5.97 Å². The molecule has 1 aliphatic rings. The van der Waals surface area contributed by atoms with Crippen molar-refractivity contribution in [1.82, 2.24) is 9.88 Å². The van der Waals surface area contributed by atoms with Gasteiger partial charge in [0.25, 0.3) is 0 Å². The minimum absolute atomic E-state index is 0.0193. The zero-order chi connectivity index (χ0) is 17.4. The van der Waals surface area contributed by atoms with E-state index in [2.05, 4.69) is 31.0 Å². The minimum Gasteiger partial charge on any atom is -0.481 e. The average Bonchev–Trinajstić information content (AvgIpc) is 2.89. The quantitative estimate of drug-likeness (QED) is 0.910. The molecule has 1 fully saturated rings. The molecule has 1 aromatic carbocycles. The van der Waals surface area contributed by atoms with Gasteiger partial charge in [-0.15, -0.1) is 0 Å². The van der Waals surface area contributed by atoms with Gasteiger partial charge in [0.05, 0.1) is 12.3 Å². The number of rotatable bonds is 3. The average molecular weight is 328 g/mol. The molecule has 0 spiro atoms. The van der Waals surface area contributed by atoms with Gasteiger partial charge in [-0.25, -0.2) is 0 Å². The number of carboxylic acids is 1. The Hall–Kier alpha value is -2.30. The first-order valence-electron chi connectivity index (χ1n) is 8.46. The van der Waals surface area contributed by atoms with Gasteiger partial charge in [-0.05, 0) is 50.3 Å². The number of aryl methyl sites for hydroxylation is 3. The number of carbonyl (C=O) groups is 2. The van der Waals surface area contributed by atoms with Crippen molar-refractivity contribution in [2.24, 2.45) is 5.92 Å². The van der Waals surface area contributed by atoms with E-state index in [-0.39, 0.29) is 5.91 Å². The molecular weight excluding hydrogens is 304 g/mol. The van der Waals surface area contributed by atoms with Crippen molar-refractivity contribution in [3.8, 4) is 0 Å². The summed E-state index contributed by atoms with van der Waals surface area (Å²) in [5.74, 6) is -1.22. The molecule has 0 saturated carbocycles. The van der Waals surface area contributed by atoms with E-state index in [0.29, 0.717) is 25.9 Å². The molecule has 0 aliphatic carbocycles. The zero-order valence-electron chi connectivity index (χ0n) is 14.5. The highest BCUT2D eigenvalue weighted by molar-refractivity contribution is 5.94. The maximum absolute atomic E-state index is 12.7. The molecule has 1 saturated heterocycles. The molecule has 1 aromatic heterocycles. The summed E-state index contributed by atoms with van der Waals surface area (Å²) in [5.41, 5.74) is 5.47. The number of nitrogens with zero attached hydrogens (tertiary/aromatic N) is 1. The van der Waals surface area contributed by atoms with Gasteiger partial charge in [-0.2, -0.15) is 0 Å². The van der Waals surface area contributed by atoms with Crippen molar-refractivity contribution in [3.05, 3.63) is 34.5 Å². The smallest absolute Gasteiger partial charge is 0.308 e. The zero-order valence-corrected chi connectivity index (χ0v) is 14.5. The molecule has 5 nitrogen and oxygen atoms in total. The highest BCUT2D eigenvalue weighted by Crippen LogP contribution is 2.29. The summed E-state index contributed by atoms with van der Waals surface area (Å²) in [6, 6.07) is 4.17. The number of benzene rings is 1. The second kappa shape index (κ2) is 6.30. The molecule has 2 heterocycles. The highest BCUT2D eigenvalue weighted by atomic mass is 16.4. The van der Waals surface area contributed by atoms with Crippen LogP contribution in [0.4, 0.5) is 0 Å². The predicted octanol–water partition coefficient (Wildman–Crippen LogP) is 2.96. The van der Waals surface area contributed by atoms with Gasteiger partial charge < -0.3 is 15.0 Å². The van der Waals surface area contributed by atoms with Gasteiger partial charge in [0.15, 0.2) is 0 Å². The molecule has 1 amide bonds. The van der Waals surface area contributed by atoms with Crippen LogP contribution >= 0.6 is 0 Å². The molecule has 0 unspecified atom stereocenters. The number of aromatic amines is 1. The maximum atomic E-state index is 12.7. The summed E-state index contributed by atoms with van der Waals surface area (Å²) >= 11 is 0. The molecule has 24 heavy (non-hydrogen) atoms. The van der Waals surface area contributed by atoms with Crippen LogP contribution in [-0.4, -0.2) is 40.0 Å². The van der Waals surface area contributed by atoms with Gasteiger partial charge in [0, 0.05) is 29.7 Å². The number of aliphatic carboxylic acids is 1. The number of carbonyl (C=O) groups excluding carboxylic acids is 1. The number of hydrogen-bond acceptors (Lipinski definition) is 2. The van der Waals surface area contributed by atoms with Crippen molar-refractivity contribution in [2.75, 3.05) is 13.1 Å². The van der Waals surface area contributed by atoms with Crippen molar-refractivity contribution in [1.29, 1.82) is 0 Å². The van der Waals surface area contributed by atoms with E-state index in [1.807, 2.05) is 6.92 Å². The summed E-state index contributed by atoms with van der Waals surface area (Å²) in [5, 5.41) is 10.3. The van der Waals surface area contributed by atoms with E-state index >= 15 is 0 Å². The number of hydrogen-bond donors (Lipinski definition) is 2. The lowest BCUT2D eigenvalue weighted by molar-refractivity contribution is -0.145. The Kier molecular flexibility index (Phi) is 4.35. The number of carboxylic acid groups (broad SMARTS) is 1. The molecule has 2 aromatic rings. The van der Waals surface area contributed by atoms with Gasteiger partial charge in [-0.1, -0.05) is 12.1 Å². The van der Waals surface area contributed by atoms with Crippen LogP contribution in [0.5, 0.6) is 0 Å². The first-order chi connectivity index (χ1) is 11.4. The molecule has 0 radical (unpaired) electrons. The van der Waals surface area contributed by atoms with Crippen LogP contribution in [0.3, 0.4) is 0 Å². The van der Waals surface area contributed by atoms with E-state index in [9.17, 15) is 14.7 Å². The fourth-order valence-corrected chi connectivity index (χ4v) is 3.70. The van der Waals surface area contributed by atoms with Gasteiger partial charge in [-0.3, -0.25) is 9.59 Å². The summed E-state index contributed by atoms with van der Waals surface area (Å²) < 4.78 is 0. The van der Waals surface area contributed by atoms with Gasteiger partial charge in [0.1, 0.15) is 0 Å². The minimum atomic E-state index is -0.803. The summed E-state index contributed by atoms with van der Waals surface area (Å²) in [6.07, 6.45) is 1.74. The molecular formula is C19H24N2O3. The number of fused-ring (bicyclic) bond motifs is 1.